The van der Waals surface area contributed by atoms with E-state index in [-0.39, 0.29) is 0 Å². The zero-order valence-electron chi connectivity index (χ0n) is 11.4. The van der Waals surface area contributed by atoms with Crippen LogP contribution in [-0.2, 0) is 0 Å². The van der Waals surface area contributed by atoms with Crippen LogP contribution in [0.5, 0.6) is 0 Å². The predicted molar refractivity (Wildman–Crippen MR) is 70.6 cm³/mol. The summed E-state index contributed by atoms with van der Waals surface area (Å²) in [6.45, 7) is 8.22. The van der Waals surface area contributed by atoms with Gasteiger partial charge >= 0.3 is 0 Å². The van der Waals surface area contributed by atoms with E-state index in [1.807, 2.05) is 0 Å². The van der Waals surface area contributed by atoms with E-state index < -0.39 is 0 Å². The summed E-state index contributed by atoms with van der Waals surface area (Å²) in [5.74, 6) is 0.809. The fourth-order valence-electron chi connectivity index (χ4n) is 2.70. The number of hydrogen-bond donors (Lipinski definition) is 1. The van der Waals surface area contributed by atoms with Crippen LogP contribution in [0.3, 0.4) is 0 Å². The van der Waals surface area contributed by atoms with Crippen LogP contribution in [0.4, 0.5) is 0 Å². The number of likely N-dealkylation sites (tertiary alicyclic amines) is 1. The lowest BCUT2D eigenvalue weighted by Crippen LogP contribution is -2.34. The van der Waals surface area contributed by atoms with E-state index in [0.717, 1.165) is 12.0 Å². The Morgan fingerprint density at radius 1 is 1.31 bits per heavy atom. The topological polar surface area (TPSA) is 32.5 Å². The van der Waals surface area contributed by atoms with Gasteiger partial charge in [-0.2, -0.15) is 0 Å². The molecule has 16 heavy (non-hydrogen) atoms. The fraction of sp³-hybridized carbons (Fsp3) is 1.00. The first kappa shape index (κ1) is 13.9. The van der Waals surface area contributed by atoms with Gasteiger partial charge in [0, 0.05) is 25.2 Å². The highest BCUT2D eigenvalue weighted by atomic mass is 15.2. The maximum atomic E-state index is 5.75. The van der Waals surface area contributed by atoms with E-state index in [4.69, 9.17) is 5.73 Å². The maximum Gasteiger partial charge on any atom is 0.0254 e. The number of nitrogens with zero attached hydrogens (tertiary/aromatic N) is 2. The molecule has 0 aliphatic carbocycles. The molecule has 0 saturated carbocycles. The Morgan fingerprint density at radius 3 is 2.50 bits per heavy atom. The van der Waals surface area contributed by atoms with Crippen molar-refractivity contribution in [2.75, 3.05) is 33.7 Å². The molecule has 2 N–H and O–H groups in total. The SMILES string of the molecule is CC(N)CCCCN1CC(C)C(N(C)C)C1. The summed E-state index contributed by atoms with van der Waals surface area (Å²) in [7, 11) is 4.39. The first-order valence-corrected chi connectivity index (χ1v) is 6.65. The molecule has 3 heteroatoms. The summed E-state index contributed by atoms with van der Waals surface area (Å²) in [6, 6.07) is 1.11. The predicted octanol–water partition coefficient (Wildman–Crippen LogP) is 1.39. The second-order valence-electron chi connectivity index (χ2n) is 5.74. The van der Waals surface area contributed by atoms with Crippen LogP contribution in [0.2, 0.25) is 0 Å². The third kappa shape index (κ3) is 4.40. The lowest BCUT2D eigenvalue weighted by atomic mass is 10.1. The van der Waals surface area contributed by atoms with E-state index in [2.05, 4.69) is 37.7 Å². The van der Waals surface area contributed by atoms with E-state index in [9.17, 15) is 0 Å². The summed E-state index contributed by atoms with van der Waals surface area (Å²) >= 11 is 0. The second kappa shape index (κ2) is 6.58. The van der Waals surface area contributed by atoms with Crippen LogP contribution in [-0.4, -0.2) is 55.6 Å². The minimum absolute atomic E-state index is 0.368. The normalized spacial score (nSPS) is 28.9. The summed E-state index contributed by atoms with van der Waals surface area (Å²) in [4.78, 5) is 4.98. The van der Waals surface area contributed by atoms with Crippen molar-refractivity contribution < 1.29 is 0 Å². The van der Waals surface area contributed by atoms with Crippen molar-refractivity contribution in [2.24, 2.45) is 11.7 Å². The highest BCUT2D eigenvalue weighted by Crippen LogP contribution is 2.20. The Bertz CT molecular complexity index is 192. The Kier molecular flexibility index (Phi) is 5.73. The molecule has 1 aliphatic rings. The van der Waals surface area contributed by atoms with E-state index in [1.165, 1.54) is 38.9 Å². The highest BCUT2D eigenvalue weighted by Gasteiger charge is 2.30. The number of hydrogen-bond acceptors (Lipinski definition) is 3. The minimum atomic E-state index is 0.368. The van der Waals surface area contributed by atoms with Gasteiger partial charge in [-0.25, -0.2) is 0 Å². The number of likely N-dealkylation sites (N-methyl/N-ethyl adjacent to an activating group) is 1. The lowest BCUT2D eigenvalue weighted by Gasteiger charge is -2.22. The molecular weight excluding hydrogens is 198 g/mol. The molecule has 0 bridgehead atoms. The molecule has 0 aromatic heterocycles. The van der Waals surface area contributed by atoms with Gasteiger partial charge in [-0.1, -0.05) is 13.3 Å². The summed E-state index contributed by atoms with van der Waals surface area (Å²) in [5, 5.41) is 0. The molecular formula is C13H29N3. The van der Waals surface area contributed by atoms with Gasteiger partial charge in [-0.3, -0.25) is 0 Å². The van der Waals surface area contributed by atoms with Crippen molar-refractivity contribution in [1.29, 1.82) is 0 Å². The average Bonchev–Trinajstić information content (AvgIpc) is 2.54. The maximum absolute atomic E-state index is 5.75. The molecule has 0 radical (unpaired) electrons. The molecule has 1 heterocycles. The molecule has 0 spiro atoms. The average molecular weight is 227 g/mol. The van der Waals surface area contributed by atoms with Crippen LogP contribution in [0.15, 0.2) is 0 Å². The summed E-state index contributed by atoms with van der Waals surface area (Å²) < 4.78 is 0. The van der Waals surface area contributed by atoms with Gasteiger partial charge in [0.05, 0.1) is 0 Å². The van der Waals surface area contributed by atoms with Gasteiger partial charge in [0.15, 0.2) is 0 Å². The van der Waals surface area contributed by atoms with Crippen LogP contribution in [0.1, 0.15) is 33.1 Å². The van der Waals surface area contributed by atoms with E-state index in [0.29, 0.717) is 6.04 Å². The van der Waals surface area contributed by atoms with Gasteiger partial charge in [-0.15, -0.1) is 0 Å². The number of nitrogens with two attached hydrogens (primary N) is 1. The minimum Gasteiger partial charge on any atom is -0.328 e. The second-order valence-corrected chi connectivity index (χ2v) is 5.74. The molecule has 3 atom stereocenters. The van der Waals surface area contributed by atoms with Crippen molar-refractivity contribution in [3.63, 3.8) is 0 Å². The van der Waals surface area contributed by atoms with Crippen molar-refractivity contribution in [2.45, 2.75) is 45.2 Å². The molecule has 3 unspecified atom stereocenters. The Labute approximate surface area is 101 Å². The van der Waals surface area contributed by atoms with Crippen molar-refractivity contribution in [3.05, 3.63) is 0 Å². The van der Waals surface area contributed by atoms with Gasteiger partial charge in [0.1, 0.15) is 0 Å². The van der Waals surface area contributed by atoms with Crippen LogP contribution in [0.25, 0.3) is 0 Å². The third-order valence-corrected chi connectivity index (χ3v) is 3.70. The Balaban J connectivity index is 2.16. The third-order valence-electron chi connectivity index (χ3n) is 3.70. The summed E-state index contributed by atoms with van der Waals surface area (Å²) in [6.07, 6.45) is 3.74. The van der Waals surface area contributed by atoms with E-state index >= 15 is 0 Å². The monoisotopic (exact) mass is 227 g/mol. The zero-order valence-corrected chi connectivity index (χ0v) is 11.4. The molecule has 0 amide bonds. The number of rotatable bonds is 6. The molecule has 0 aromatic rings. The lowest BCUT2D eigenvalue weighted by molar-refractivity contribution is 0.250. The van der Waals surface area contributed by atoms with Gasteiger partial charge in [0.2, 0.25) is 0 Å². The standard InChI is InChI=1S/C13H29N3/c1-11-9-16(10-13(11)15(3)4)8-6-5-7-12(2)14/h11-13H,5-10,14H2,1-4H3. The van der Waals surface area contributed by atoms with Crippen LogP contribution < -0.4 is 5.73 Å². The Hall–Kier alpha value is -0.120. The zero-order chi connectivity index (χ0) is 12.1. The van der Waals surface area contributed by atoms with Gasteiger partial charge in [-0.05, 0) is 46.3 Å². The van der Waals surface area contributed by atoms with E-state index in [1.54, 1.807) is 0 Å². The molecule has 96 valence electrons. The first-order chi connectivity index (χ1) is 7.50. The van der Waals surface area contributed by atoms with Crippen LogP contribution in [0, 0.1) is 5.92 Å². The smallest absolute Gasteiger partial charge is 0.0254 e. The fourth-order valence-corrected chi connectivity index (χ4v) is 2.70. The highest BCUT2D eigenvalue weighted by molar-refractivity contribution is 4.86. The molecule has 1 rings (SSSR count). The van der Waals surface area contributed by atoms with Gasteiger partial charge < -0.3 is 15.5 Å². The molecule has 0 aromatic carbocycles. The van der Waals surface area contributed by atoms with Crippen molar-refractivity contribution >= 4 is 0 Å². The Morgan fingerprint density at radius 2 is 2.00 bits per heavy atom. The van der Waals surface area contributed by atoms with Crippen LogP contribution >= 0.6 is 0 Å². The largest absolute Gasteiger partial charge is 0.328 e. The molecule has 1 saturated heterocycles. The molecule has 1 aliphatic heterocycles. The van der Waals surface area contributed by atoms with Gasteiger partial charge in [0.25, 0.3) is 0 Å². The number of unbranched alkanes of at least 4 members (excludes halogenated alkanes) is 1. The molecule has 3 nitrogen and oxygen atoms in total. The molecule has 1 fully saturated rings. The van der Waals surface area contributed by atoms with Crippen molar-refractivity contribution in [1.82, 2.24) is 9.80 Å². The summed E-state index contributed by atoms with van der Waals surface area (Å²) in [5.41, 5.74) is 5.75. The van der Waals surface area contributed by atoms with Crippen molar-refractivity contribution in [3.8, 4) is 0 Å². The quantitative estimate of drug-likeness (QED) is 0.696. The first-order valence-electron chi connectivity index (χ1n) is 6.65.